The number of nitrogens with one attached hydrogen (secondary N) is 1. The first-order chi connectivity index (χ1) is 18.4. The topological polar surface area (TPSA) is 119 Å². The van der Waals surface area contributed by atoms with Crippen molar-refractivity contribution in [1.29, 1.82) is 0 Å². The lowest BCUT2D eigenvalue weighted by Gasteiger charge is -2.20. The minimum absolute atomic E-state index is 0.0149. The van der Waals surface area contributed by atoms with Crippen LogP contribution in [0, 0.1) is 11.7 Å². The number of aliphatic hydroxyl groups excluding tert-OH is 1. The number of aromatic nitrogens is 4. The smallest absolute Gasteiger partial charge is 0.283 e. The zero-order valence-corrected chi connectivity index (χ0v) is 21.8. The molecule has 11 heteroatoms. The normalized spacial score (nSPS) is 16.9. The van der Waals surface area contributed by atoms with Gasteiger partial charge in [-0.25, -0.2) is 13.8 Å². The summed E-state index contributed by atoms with van der Waals surface area (Å²) in [5, 5.41) is 17.2. The number of alkyl halides is 1. The van der Waals surface area contributed by atoms with Gasteiger partial charge in [0, 0.05) is 36.0 Å². The first-order valence-corrected chi connectivity index (χ1v) is 12.4. The first-order valence-electron chi connectivity index (χ1n) is 12.4. The van der Waals surface area contributed by atoms with E-state index < -0.39 is 41.5 Å². The zero-order chi connectivity index (χ0) is 28.2. The summed E-state index contributed by atoms with van der Waals surface area (Å²) < 4.78 is 30.7. The van der Waals surface area contributed by atoms with Crippen LogP contribution in [-0.4, -0.2) is 36.5 Å². The fourth-order valence-corrected chi connectivity index (χ4v) is 4.52. The number of aliphatic hydroxyl groups is 1. The van der Waals surface area contributed by atoms with Crippen molar-refractivity contribution in [2.75, 3.05) is 5.32 Å². The quantitative estimate of drug-likeness (QED) is 0.405. The molecule has 0 unspecified atom stereocenters. The Morgan fingerprint density at radius 1 is 1.21 bits per heavy atom. The van der Waals surface area contributed by atoms with Crippen LogP contribution in [0.4, 0.5) is 14.5 Å². The third kappa shape index (κ3) is 4.74. The van der Waals surface area contributed by atoms with Crippen molar-refractivity contribution in [3.8, 4) is 16.9 Å². The number of aryl methyl sites for hydroxylation is 1. The second kappa shape index (κ2) is 9.49. The van der Waals surface area contributed by atoms with Crippen molar-refractivity contribution in [2.45, 2.75) is 45.4 Å². The maximum Gasteiger partial charge on any atom is 0.283 e. The Hall–Kier alpha value is -4.25. The SMILES string of the molecule is Cn1cc(-c2ccnc(-n3ncc4cc(C(C)(C)C)cc(F)c4c3=O)c2CO)cc(NC(=O)[C@H]2C[C@@H]2F)c1=O. The molecule has 1 saturated carbocycles. The Bertz CT molecular complexity index is 1760. The van der Waals surface area contributed by atoms with E-state index in [1.807, 2.05) is 20.8 Å². The summed E-state index contributed by atoms with van der Waals surface area (Å²) in [5.74, 6) is -2.08. The van der Waals surface area contributed by atoms with Crippen LogP contribution in [-0.2, 0) is 23.9 Å². The molecular weight excluding hydrogens is 508 g/mol. The number of fused-ring (bicyclic) bond motifs is 1. The molecule has 3 heterocycles. The lowest BCUT2D eigenvalue weighted by Crippen LogP contribution is -2.26. The number of hydrogen-bond donors (Lipinski definition) is 2. The highest BCUT2D eigenvalue weighted by atomic mass is 19.1. The molecule has 0 spiro atoms. The number of benzene rings is 1. The summed E-state index contributed by atoms with van der Waals surface area (Å²) in [5.41, 5.74) is 0.0831. The highest BCUT2D eigenvalue weighted by Crippen LogP contribution is 2.35. The van der Waals surface area contributed by atoms with E-state index >= 15 is 4.39 Å². The number of carbonyl (C=O) groups excluding carboxylic acids is 1. The number of halogens is 2. The van der Waals surface area contributed by atoms with Crippen LogP contribution in [0.1, 0.15) is 38.3 Å². The highest BCUT2D eigenvalue weighted by molar-refractivity contribution is 5.95. The van der Waals surface area contributed by atoms with Crippen LogP contribution < -0.4 is 16.4 Å². The van der Waals surface area contributed by atoms with Gasteiger partial charge in [0.25, 0.3) is 11.1 Å². The molecule has 2 atom stereocenters. The molecule has 0 bridgehead atoms. The van der Waals surface area contributed by atoms with Gasteiger partial charge >= 0.3 is 0 Å². The van der Waals surface area contributed by atoms with Gasteiger partial charge in [-0.3, -0.25) is 14.4 Å². The summed E-state index contributed by atoms with van der Waals surface area (Å²) >= 11 is 0. The van der Waals surface area contributed by atoms with E-state index in [4.69, 9.17) is 0 Å². The van der Waals surface area contributed by atoms with Gasteiger partial charge in [0.15, 0.2) is 5.82 Å². The van der Waals surface area contributed by atoms with E-state index in [-0.39, 0.29) is 34.3 Å². The van der Waals surface area contributed by atoms with Gasteiger partial charge in [0.1, 0.15) is 17.7 Å². The van der Waals surface area contributed by atoms with E-state index in [9.17, 15) is 23.9 Å². The molecule has 1 aliphatic carbocycles. The molecule has 4 aromatic rings. The molecule has 1 aliphatic rings. The van der Waals surface area contributed by atoms with Crippen molar-refractivity contribution < 1.29 is 18.7 Å². The van der Waals surface area contributed by atoms with Gasteiger partial charge in [-0.1, -0.05) is 20.8 Å². The Kier molecular flexibility index (Phi) is 6.42. The molecule has 1 aromatic carbocycles. The third-order valence-corrected chi connectivity index (χ3v) is 6.90. The lowest BCUT2D eigenvalue weighted by molar-refractivity contribution is -0.117. The van der Waals surface area contributed by atoms with Crippen molar-refractivity contribution >= 4 is 22.4 Å². The minimum Gasteiger partial charge on any atom is -0.392 e. The predicted molar refractivity (Wildman–Crippen MR) is 142 cm³/mol. The number of amides is 1. The van der Waals surface area contributed by atoms with Crippen LogP contribution in [0.25, 0.3) is 27.7 Å². The maximum absolute atomic E-state index is 15.2. The highest BCUT2D eigenvalue weighted by Gasteiger charge is 2.43. The third-order valence-electron chi connectivity index (χ3n) is 6.90. The zero-order valence-electron chi connectivity index (χ0n) is 21.8. The van der Waals surface area contributed by atoms with Crippen LogP contribution in [0.5, 0.6) is 0 Å². The van der Waals surface area contributed by atoms with Crippen molar-refractivity contribution in [3.63, 3.8) is 0 Å². The Labute approximate surface area is 221 Å². The fraction of sp³-hybridized carbons (Fsp3) is 0.321. The number of anilines is 1. The number of nitrogens with zero attached hydrogens (tertiary/aromatic N) is 4. The van der Waals surface area contributed by atoms with Gasteiger partial charge in [-0.05, 0) is 47.2 Å². The van der Waals surface area contributed by atoms with Gasteiger partial charge in [0.2, 0.25) is 5.91 Å². The number of rotatable bonds is 5. The van der Waals surface area contributed by atoms with Crippen LogP contribution in [0.15, 0.2) is 52.4 Å². The number of carbonyl (C=O) groups is 1. The van der Waals surface area contributed by atoms with Gasteiger partial charge in [0.05, 0.1) is 24.1 Å². The van der Waals surface area contributed by atoms with E-state index in [0.29, 0.717) is 22.1 Å². The van der Waals surface area contributed by atoms with Gasteiger partial charge < -0.3 is 15.0 Å². The summed E-state index contributed by atoms with van der Waals surface area (Å²) in [7, 11) is 1.49. The van der Waals surface area contributed by atoms with E-state index in [1.54, 1.807) is 12.1 Å². The number of hydrogen-bond acceptors (Lipinski definition) is 6. The molecule has 2 N–H and O–H groups in total. The first kappa shape index (κ1) is 26.4. The molecular formula is C28H27F2N5O4. The second-order valence-corrected chi connectivity index (χ2v) is 10.8. The summed E-state index contributed by atoms with van der Waals surface area (Å²) in [6.45, 7) is 5.24. The molecule has 39 heavy (non-hydrogen) atoms. The summed E-state index contributed by atoms with van der Waals surface area (Å²) in [6.07, 6.45) is 3.15. The van der Waals surface area contributed by atoms with E-state index in [2.05, 4.69) is 15.4 Å². The number of pyridine rings is 2. The average Bonchev–Trinajstić information content (AvgIpc) is 3.62. The molecule has 0 saturated heterocycles. The molecule has 1 fully saturated rings. The monoisotopic (exact) mass is 535 g/mol. The maximum atomic E-state index is 15.2. The van der Waals surface area contributed by atoms with Gasteiger partial charge in [-0.15, -0.1) is 0 Å². The molecule has 9 nitrogen and oxygen atoms in total. The van der Waals surface area contributed by atoms with Crippen molar-refractivity contribution in [1.82, 2.24) is 19.3 Å². The van der Waals surface area contributed by atoms with Crippen LogP contribution in [0.2, 0.25) is 0 Å². The van der Waals surface area contributed by atoms with Crippen molar-refractivity contribution in [3.05, 3.63) is 80.5 Å². The minimum atomic E-state index is -1.22. The Morgan fingerprint density at radius 2 is 1.92 bits per heavy atom. The molecule has 0 radical (unpaired) electrons. The predicted octanol–water partition coefficient (Wildman–Crippen LogP) is 3.37. The van der Waals surface area contributed by atoms with Crippen LogP contribution in [0.3, 0.4) is 0 Å². The Morgan fingerprint density at radius 3 is 2.56 bits per heavy atom. The van der Waals surface area contributed by atoms with Crippen molar-refractivity contribution in [2.24, 2.45) is 13.0 Å². The van der Waals surface area contributed by atoms with E-state index in [1.165, 1.54) is 42.3 Å². The molecule has 0 aliphatic heterocycles. The summed E-state index contributed by atoms with van der Waals surface area (Å²) in [6, 6.07) is 6.04. The van der Waals surface area contributed by atoms with E-state index in [0.717, 1.165) is 4.68 Å². The fourth-order valence-electron chi connectivity index (χ4n) is 4.52. The van der Waals surface area contributed by atoms with Gasteiger partial charge in [-0.2, -0.15) is 9.78 Å². The summed E-state index contributed by atoms with van der Waals surface area (Å²) in [4.78, 5) is 42.6. The standard InChI is InChI=1S/C28H27F2N5O4/c1-28(2,3)16-7-14-11-32-35(27(39)23(14)21(30)9-16)24-19(13-36)17(5-6-31-24)15-8-22(26(38)34(4)12-15)33-25(37)18-10-20(18)29/h5-9,11-12,18,20,36H,10,13H2,1-4H3,(H,33,37)/t18-,20-/m0/s1. The second-order valence-electron chi connectivity index (χ2n) is 10.8. The Balaban J connectivity index is 1.63. The van der Waals surface area contributed by atoms with Crippen LogP contribution >= 0.6 is 0 Å². The molecule has 5 rings (SSSR count). The molecule has 3 aromatic heterocycles. The molecule has 1 amide bonds. The molecule has 202 valence electrons. The largest absolute Gasteiger partial charge is 0.392 e. The average molecular weight is 536 g/mol. The lowest BCUT2D eigenvalue weighted by atomic mass is 9.86.